The Morgan fingerprint density at radius 1 is 1.04 bits per heavy atom. The number of para-hydroxylation sites is 2. The van der Waals surface area contributed by atoms with Crippen LogP contribution in [0.3, 0.4) is 0 Å². The minimum atomic E-state index is -0.586. The standard InChI is InChI=1S/C22H29NO4/c1-16(27-18-12-10-17(11-13-18)22(2,3)4)21(24)23-14-15-26-20-9-7-6-8-19(20)25-5/h6-13,16H,14-15H2,1-5H3,(H,23,24)/t16-/m1/s1. The number of hydrogen-bond acceptors (Lipinski definition) is 4. The molecule has 0 heterocycles. The molecule has 0 saturated heterocycles. The molecule has 0 aliphatic carbocycles. The highest BCUT2D eigenvalue weighted by molar-refractivity contribution is 5.80. The monoisotopic (exact) mass is 371 g/mol. The molecule has 0 aliphatic rings. The molecule has 0 aromatic heterocycles. The summed E-state index contributed by atoms with van der Waals surface area (Å²) in [4.78, 5) is 12.2. The molecular weight excluding hydrogens is 342 g/mol. The van der Waals surface area contributed by atoms with Crippen molar-refractivity contribution in [2.24, 2.45) is 0 Å². The summed E-state index contributed by atoms with van der Waals surface area (Å²) < 4.78 is 16.6. The Bertz CT molecular complexity index is 735. The van der Waals surface area contributed by atoms with E-state index in [9.17, 15) is 4.79 Å². The van der Waals surface area contributed by atoms with Gasteiger partial charge in [0.1, 0.15) is 12.4 Å². The number of benzene rings is 2. The van der Waals surface area contributed by atoms with Gasteiger partial charge < -0.3 is 19.5 Å². The molecule has 5 nitrogen and oxygen atoms in total. The van der Waals surface area contributed by atoms with Crippen molar-refractivity contribution < 1.29 is 19.0 Å². The zero-order chi connectivity index (χ0) is 19.9. The van der Waals surface area contributed by atoms with Crippen molar-refractivity contribution in [2.75, 3.05) is 20.3 Å². The van der Waals surface area contributed by atoms with E-state index < -0.39 is 6.10 Å². The first-order valence-corrected chi connectivity index (χ1v) is 9.12. The topological polar surface area (TPSA) is 56.8 Å². The van der Waals surface area contributed by atoms with Crippen molar-refractivity contribution in [3.8, 4) is 17.2 Å². The minimum absolute atomic E-state index is 0.0863. The molecule has 0 saturated carbocycles. The molecule has 5 heteroatoms. The first-order valence-electron chi connectivity index (χ1n) is 9.12. The van der Waals surface area contributed by atoms with Crippen molar-refractivity contribution in [3.05, 3.63) is 54.1 Å². The minimum Gasteiger partial charge on any atom is -0.493 e. The molecule has 2 aromatic rings. The van der Waals surface area contributed by atoms with Gasteiger partial charge in [0.15, 0.2) is 17.6 Å². The maximum Gasteiger partial charge on any atom is 0.260 e. The van der Waals surface area contributed by atoms with E-state index in [1.165, 1.54) is 5.56 Å². The number of hydrogen-bond donors (Lipinski definition) is 1. The highest BCUT2D eigenvalue weighted by atomic mass is 16.5. The quantitative estimate of drug-likeness (QED) is 0.714. The fourth-order valence-corrected chi connectivity index (χ4v) is 2.51. The van der Waals surface area contributed by atoms with Crippen LogP contribution in [0.2, 0.25) is 0 Å². The molecule has 1 N–H and O–H groups in total. The van der Waals surface area contributed by atoms with E-state index in [4.69, 9.17) is 14.2 Å². The van der Waals surface area contributed by atoms with Gasteiger partial charge in [-0.2, -0.15) is 0 Å². The lowest BCUT2D eigenvalue weighted by atomic mass is 9.87. The second-order valence-corrected chi connectivity index (χ2v) is 7.32. The average molecular weight is 371 g/mol. The maximum atomic E-state index is 12.2. The molecule has 27 heavy (non-hydrogen) atoms. The third kappa shape index (κ3) is 6.20. The van der Waals surface area contributed by atoms with Crippen LogP contribution < -0.4 is 19.5 Å². The summed E-state index contributed by atoms with van der Waals surface area (Å²) in [6.45, 7) is 8.94. The number of methoxy groups -OCH3 is 1. The van der Waals surface area contributed by atoms with Crippen molar-refractivity contribution >= 4 is 5.91 Å². The molecule has 0 radical (unpaired) electrons. The van der Waals surface area contributed by atoms with Crippen LogP contribution >= 0.6 is 0 Å². The van der Waals surface area contributed by atoms with Gasteiger partial charge in [-0.25, -0.2) is 0 Å². The van der Waals surface area contributed by atoms with Gasteiger partial charge in [-0.05, 0) is 42.2 Å². The SMILES string of the molecule is COc1ccccc1OCCNC(=O)[C@@H](C)Oc1ccc(C(C)(C)C)cc1. The van der Waals surface area contributed by atoms with Crippen LogP contribution in [0.25, 0.3) is 0 Å². The van der Waals surface area contributed by atoms with E-state index >= 15 is 0 Å². The Kier molecular flexibility index (Phi) is 7.11. The maximum absolute atomic E-state index is 12.2. The second kappa shape index (κ2) is 9.31. The number of ether oxygens (including phenoxy) is 3. The first kappa shape index (κ1) is 20.6. The van der Waals surface area contributed by atoms with Gasteiger partial charge in [0.05, 0.1) is 13.7 Å². The number of rotatable bonds is 8. The van der Waals surface area contributed by atoms with Gasteiger partial charge in [0.2, 0.25) is 0 Å². The fraction of sp³-hybridized carbons (Fsp3) is 0.409. The van der Waals surface area contributed by atoms with Gasteiger partial charge in [0, 0.05) is 0 Å². The molecule has 2 aromatic carbocycles. The molecule has 1 atom stereocenters. The lowest BCUT2D eigenvalue weighted by Crippen LogP contribution is -2.38. The smallest absolute Gasteiger partial charge is 0.260 e. The lowest BCUT2D eigenvalue weighted by Gasteiger charge is -2.20. The summed E-state index contributed by atoms with van der Waals surface area (Å²) in [7, 11) is 1.59. The van der Waals surface area contributed by atoms with Crippen LogP contribution in [0.5, 0.6) is 17.2 Å². The van der Waals surface area contributed by atoms with Crippen LogP contribution in [0.1, 0.15) is 33.3 Å². The normalized spacial score (nSPS) is 12.2. The average Bonchev–Trinajstić information content (AvgIpc) is 2.65. The largest absolute Gasteiger partial charge is 0.493 e. The molecule has 0 aliphatic heterocycles. The summed E-state index contributed by atoms with van der Waals surface area (Å²) in [5.41, 5.74) is 1.31. The van der Waals surface area contributed by atoms with Crippen molar-refractivity contribution in [2.45, 2.75) is 39.2 Å². The van der Waals surface area contributed by atoms with Gasteiger partial charge >= 0.3 is 0 Å². The summed E-state index contributed by atoms with van der Waals surface area (Å²) in [6, 6.07) is 15.3. The third-order valence-corrected chi connectivity index (χ3v) is 4.13. The van der Waals surface area contributed by atoms with E-state index in [1.807, 2.05) is 48.5 Å². The van der Waals surface area contributed by atoms with E-state index in [2.05, 4.69) is 26.1 Å². The molecule has 0 bridgehead atoms. The van der Waals surface area contributed by atoms with Crippen LogP contribution in [0.4, 0.5) is 0 Å². The summed E-state index contributed by atoms with van der Waals surface area (Å²) in [5.74, 6) is 1.81. The molecule has 2 rings (SSSR count). The summed E-state index contributed by atoms with van der Waals surface area (Å²) >= 11 is 0. The van der Waals surface area contributed by atoms with Crippen molar-refractivity contribution in [1.29, 1.82) is 0 Å². The Labute approximate surface area is 161 Å². The molecular formula is C22H29NO4. The van der Waals surface area contributed by atoms with E-state index in [0.29, 0.717) is 30.4 Å². The van der Waals surface area contributed by atoms with Crippen LogP contribution in [-0.4, -0.2) is 32.3 Å². The highest BCUT2D eigenvalue weighted by Crippen LogP contribution is 2.26. The number of nitrogens with one attached hydrogen (secondary N) is 1. The highest BCUT2D eigenvalue weighted by Gasteiger charge is 2.16. The molecule has 0 fully saturated rings. The molecule has 0 spiro atoms. The van der Waals surface area contributed by atoms with E-state index in [-0.39, 0.29) is 11.3 Å². The lowest BCUT2D eigenvalue weighted by molar-refractivity contribution is -0.127. The number of carbonyl (C=O) groups excluding carboxylic acids is 1. The Balaban J connectivity index is 1.77. The fourth-order valence-electron chi connectivity index (χ4n) is 2.51. The van der Waals surface area contributed by atoms with E-state index in [0.717, 1.165) is 0 Å². The second-order valence-electron chi connectivity index (χ2n) is 7.32. The van der Waals surface area contributed by atoms with Crippen LogP contribution in [0.15, 0.2) is 48.5 Å². The van der Waals surface area contributed by atoms with Gasteiger partial charge in [-0.3, -0.25) is 4.79 Å². The predicted octanol–water partition coefficient (Wildman–Crippen LogP) is 3.96. The molecule has 146 valence electrons. The Hall–Kier alpha value is -2.69. The third-order valence-electron chi connectivity index (χ3n) is 4.13. The number of carbonyl (C=O) groups is 1. The zero-order valence-electron chi connectivity index (χ0n) is 16.7. The van der Waals surface area contributed by atoms with Crippen LogP contribution in [-0.2, 0) is 10.2 Å². The van der Waals surface area contributed by atoms with Gasteiger partial charge in [-0.15, -0.1) is 0 Å². The summed E-state index contributed by atoms with van der Waals surface area (Å²) in [6.07, 6.45) is -0.586. The first-order chi connectivity index (χ1) is 12.8. The van der Waals surface area contributed by atoms with Crippen molar-refractivity contribution in [3.63, 3.8) is 0 Å². The predicted molar refractivity (Wildman–Crippen MR) is 107 cm³/mol. The summed E-state index contributed by atoms with van der Waals surface area (Å²) in [5, 5.41) is 2.82. The Morgan fingerprint density at radius 3 is 2.26 bits per heavy atom. The van der Waals surface area contributed by atoms with E-state index in [1.54, 1.807) is 14.0 Å². The van der Waals surface area contributed by atoms with Crippen LogP contribution in [0, 0.1) is 0 Å². The van der Waals surface area contributed by atoms with Gasteiger partial charge in [-0.1, -0.05) is 45.0 Å². The Morgan fingerprint density at radius 2 is 1.67 bits per heavy atom. The molecule has 0 unspecified atom stereocenters. The van der Waals surface area contributed by atoms with Crippen molar-refractivity contribution in [1.82, 2.24) is 5.32 Å². The molecule has 1 amide bonds. The van der Waals surface area contributed by atoms with Gasteiger partial charge in [0.25, 0.3) is 5.91 Å². The zero-order valence-corrected chi connectivity index (χ0v) is 16.7. The number of amides is 1.